The van der Waals surface area contributed by atoms with Crippen LogP contribution in [0.5, 0.6) is 0 Å². The predicted molar refractivity (Wildman–Crippen MR) is 67.5 cm³/mol. The number of carbonyl (C=O) groups is 2. The highest BCUT2D eigenvalue weighted by molar-refractivity contribution is 5.99. The average molecular weight is 240 g/mol. The van der Waals surface area contributed by atoms with E-state index in [0.29, 0.717) is 13.0 Å². The molecule has 17 heavy (non-hydrogen) atoms. The van der Waals surface area contributed by atoms with E-state index in [0.717, 1.165) is 19.3 Å². The second kappa shape index (κ2) is 5.52. The SMILES string of the molecule is CCCCCN1C(=O)C(C)(C)NC(=O)C1CC. The van der Waals surface area contributed by atoms with E-state index in [4.69, 9.17) is 0 Å². The zero-order valence-electron chi connectivity index (χ0n) is 11.4. The van der Waals surface area contributed by atoms with Crippen LogP contribution in [-0.4, -0.2) is 34.8 Å². The molecule has 1 aliphatic heterocycles. The molecule has 0 aromatic rings. The fraction of sp³-hybridized carbons (Fsp3) is 0.846. The third-order valence-electron chi connectivity index (χ3n) is 3.30. The standard InChI is InChI=1S/C13H24N2O2/c1-5-7-8-9-15-10(6-2)11(16)14-13(3,4)12(15)17/h10H,5-9H2,1-4H3,(H,14,16). The van der Waals surface area contributed by atoms with Gasteiger partial charge in [-0.15, -0.1) is 0 Å². The van der Waals surface area contributed by atoms with Gasteiger partial charge in [-0.2, -0.15) is 0 Å². The molecule has 1 atom stereocenters. The van der Waals surface area contributed by atoms with E-state index < -0.39 is 5.54 Å². The third kappa shape index (κ3) is 2.99. The van der Waals surface area contributed by atoms with Gasteiger partial charge in [-0.3, -0.25) is 9.59 Å². The number of hydrogen-bond donors (Lipinski definition) is 1. The van der Waals surface area contributed by atoms with Gasteiger partial charge in [-0.1, -0.05) is 26.7 Å². The minimum Gasteiger partial charge on any atom is -0.340 e. The Morgan fingerprint density at radius 2 is 1.88 bits per heavy atom. The van der Waals surface area contributed by atoms with Gasteiger partial charge >= 0.3 is 0 Å². The predicted octanol–water partition coefficient (Wildman–Crippen LogP) is 1.69. The third-order valence-corrected chi connectivity index (χ3v) is 3.30. The van der Waals surface area contributed by atoms with Crippen molar-refractivity contribution in [2.24, 2.45) is 0 Å². The Bertz CT molecular complexity index is 300. The number of rotatable bonds is 5. The first-order chi connectivity index (χ1) is 7.94. The zero-order chi connectivity index (χ0) is 13.1. The van der Waals surface area contributed by atoms with Crippen molar-refractivity contribution in [1.29, 1.82) is 0 Å². The van der Waals surface area contributed by atoms with Crippen LogP contribution in [0.25, 0.3) is 0 Å². The lowest BCUT2D eigenvalue weighted by atomic mass is 9.95. The van der Waals surface area contributed by atoms with E-state index in [-0.39, 0.29) is 17.9 Å². The van der Waals surface area contributed by atoms with Crippen molar-refractivity contribution in [1.82, 2.24) is 10.2 Å². The quantitative estimate of drug-likeness (QED) is 0.743. The fourth-order valence-electron chi connectivity index (χ4n) is 2.28. The van der Waals surface area contributed by atoms with Crippen molar-refractivity contribution in [3.05, 3.63) is 0 Å². The van der Waals surface area contributed by atoms with Gasteiger partial charge in [0.25, 0.3) is 0 Å². The molecule has 1 aliphatic rings. The fourth-order valence-corrected chi connectivity index (χ4v) is 2.28. The number of nitrogens with one attached hydrogen (secondary N) is 1. The highest BCUT2D eigenvalue weighted by Gasteiger charge is 2.43. The number of nitrogens with zero attached hydrogens (tertiary/aromatic N) is 1. The Kier molecular flexibility index (Phi) is 4.54. The first-order valence-corrected chi connectivity index (χ1v) is 6.57. The summed E-state index contributed by atoms with van der Waals surface area (Å²) in [4.78, 5) is 26.0. The molecule has 2 amide bonds. The summed E-state index contributed by atoms with van der Waals surface area (Å²) < 4.78 is 0. The molecular weight excluding hydrogens is 216 g/mol. The molecule has 1 unspecified atom stereocenters. The first kappa shape index (κ1) is 14.0. The molecule has 0 spiro atoms. The van der Waals surface area contributed by atoms with E-state index in [1.165, 1.54) is 0 Å². The summed E-state index contributed by atoms with van der Waals surface area (Å²) in [5, 5.41) is 2.80. The minimum absolute atomic E-state index is 0.0198. The molecule has 0 radical (unpaired) electrons. The Morgan fingerprint density at radius 3 is 2.41 bits per heavy atom. The smallest absolute Gasteiger partial charge is 0.248 e. The van der Waals surface area contributed by atoms with Crippen molar-refractivity contribution in [2.45, 2.75) is 65.0 Å². The second-order valence-electron chi connectivity index (χ2n) is 5.24. The molecule has 0 aliphatic carbocycles. The number of hydrogen-bond acceptors (Lipinski definition) is 2. The van der Waals surface area contributed by atoms with Gasteiger partial charge < -0.3 is 10.2 Å². The maximum Gasteiger partial charge on any atom is 0.248 e. The van der Waals surface area contributed by atoms with Crippen molar-refractivity contribution >= 4 is 11.8 Å². The van der Waals surface area contributed by atoms with Crippen molar-refractivity contribution in [3.8, 4) is 0 Å². The van der Waals surface area contributed by atoms with Gasteiger partial charge in [0.15, 0.2) is 0 Å². The normalized spacial score (nSPS) is 23.8. The summed E-state index contributed by atoms with van der Waals surface area (Å²) in [7, 11) is 0. The maximum absolute atomic E-state index is 12.3. The van der Waals surface area contributed by atoms with Crippen molar-refractivity contribution in [2.75, 3.05) is 6.54 Å². The van der Waals surface area contributed by atoms with Crippen LogP contribution in [0.15, 0.2) is 0 Å². The van der Waals surface area contributed by atoms with Crippen molar-refractivity contribution < 1.29 is 9.59 Å². The van der Waals surface area contributed by atoms with Crippen LogP contribution in [-0.2, 0) is 9.59 Å². The summed E-state index contributed by atoms with van der Waals surface area (Å²) in [5.41, 5.74) is -0.755. The van der Waals surface area contributed by atoms with E-state index in [1.807, 2.05) is 6.92 Å². The molecule has 1 N–H and O–H groups in total. The molecule has 0 aromatic carbocycles. The molecule has 1 rings (SSSR count). The molecule has 4 nitrogen and oxygen atoms in total. The Hall–Kier alpha value is -1.06. The van der Waals surface area contributed by atoms with E-state index in [9.17, 15) is 9.59 Å². The van der Waals surface area contributed by atoms with Crippen LogP contribution < -0.4 is 5.32 Å². The summed E-state index contributed by atoms with van der Waals surface area (Å²) in [6.07, 6.45) is 3.87. The number of amides is 2. The molecule has 4 heteroatoms. The number of unbranched alkanes of at least 4 members (excludes halogenated alkanes) is 2. The molecule has 1 fully saturated rings. The van der Waals surface area contributed by atoms with Crippen LogP contribution >= 0.6 is 0 Å². The molecule has 1 saturated heterocycles. The molecule has 1 heterocycles. The second-order valence-corrected chi connectivity index (χ2v) is 5.24. The van der Waals surface area contributed by atoms with Crippen LogP contribution in [0.4, 0.5) is 0 Å². The Labute approximate surface area is 104 Å². The lowest BCUT2D eigenvalue weighted by molar-refractivity contribution is -0.153. The highest BCUT2D eigenvalue weighted by atomic mass is 16.2. The zero-order valence-corrected chi connectivity index (χ0v) is 11.4. The van der Waals surface area contributed by atoms with Crippen LogP contribution in [0, 0.1) is 0 Å². The summed E-state index contributed by atoms with van der Waals surface area (Å²) in [5.74, 6) is 0.0219. The van der Waals surface area contributed by atoms with Gasteiger partial charge in [0.2, 0.25) is 11.8 Å². The molecular formula is C13H24N2O2. The number of piperazine rings is 1. The molecule has 0 aromatic heterocycles. The van der Waals surface area contributed by atoms with Crippen LogP contribution in [0.1, 0.15) is 53.4 Å². The van der Waals surface area contributed by atoms with Crippen molar-refractivity contribution in [3.63, 3.8) is 0 Å². The topological polar surface area (TPSA) is 49.4 Å². The lowest BCUT2D eigenvalue weighted by Crippen LogP contribution is -2.68. The van der Waals surface area contributed by atoms with Gasteiger partial charge in [0, 0.05) is 6.54 Å². The average Bonchev–Trinajstić information content (AvgIpc) is 2.25. The lowest BCUT2D eigenvalue weighted by Gasteiger charge is -2.42. The van der Waals surface area contributed by atoms with Gasteiger partial charge in [0.05, 0.1) is 0 Å². The summed E-state index contributed by atoms with van der Waals surface area (Å²) >= 11 is 0. The Balaban J connectivity index is 2.78. The van der Waals surface area contributed by atoms with Gasteiger partial charge in [-0.25, -0.2) is 0 Å². The summed E-state index contributed by atoms with van der Waals surface area (Å²) in [6.45, 7) is 8.31. The monoisotopic (exact) mass is 240 g/mol. The van der Waals surface area contributed by atoms with Crippen LogP contribution in [0.2, 0.25) is 0 Å². The first-order valence-electron chi connectivity index (χ1n) is 6.57. The molecule has 0 bridgehead atoms. The maximum atomic E-state index is 12.3. The molecule has 98 valence electrons. The van der Waals surface area contributed by atoms with Gasteiger partial charge in [0.1, 0.15) is 11.6 Å². The Morgan fingerprint density at radius 1 is 1.24 bits per heavy atom. The van der Waals surface area contributed by atoms with E-state index in [2.05, 4.69) is 12.2 Å². The number of carbonyl (C=O) groups excluding carboxylic acids is 2. The molecule has 0 saturated carbocycles. The van der Waals surface area contributed by atoms with Gasteiger partial charge in [-0.05, 0) is 26.7 Å². The largest absolute Gasteiger partial charge is 0.340 e. The van der Waals surface area contributed by atoms with E-state index in [1.54, 1.807) is 18.7 Å². The summed E-state index contributed by atoms with van der Waals surface area (Å²) in [6, 6.07) is -0.285. The highest BCUT2D eigenvalue weighted by Crippen LogP contribution is 2.20. The van der Waals surface area contributed by atoms with Crippen LogP contribution in [0.3, 0.4) is 0 Å². The van der Waals surface area contributed by atoms with E-state index >= 15 is 0 Å². The minimum atomic E-state index is -0.755.